The molecule has 0 amide bonds. The largest absolute Gasteiger partial charge is 0.242 e. The Bertz CT molecular complexity index is 1450. The molecule has 0 aliphatic rings. The van der Waals surface area contributed by atoms with Crippen molar-refractivity contribution in [2.24, 2.45) is 0 Å². The van der Waals surface area contributed by atoms with Gasteiger partial charge in [-0.2, -0.15) is 0 Å². The van der Waals surface area contributed by atoms with Crippen molar-refractivity contribution in [1.82, 2.24) is 0 Å². The molecule has 4 aromatic rings. The van der Waals surface area contributed by atoms with Crippen LogP contribution < -0.4 is 21.7 Å². The second kappa shape index (κ2) is 11.6. The first-order valence-electron chi connectivity index (χ1n) is 15.1. The molecule has 0 aromatic heterocycles. The summed E-state index contributed by atoms with van der Waals surface area (Å²) < 4.78 is 0. The Kier molecular flexibility index (Phi) is 9.16. The molecule has 0 fully saturated rings. The van der Waals surface area contributed by atoms with E-state index in [9.17, 15) is 0 Å². The van der Waals surface area contributed by atoms with Crippen LogP contribution in [-0.2, 0) is 21.7 Å². The fraction of sp³-hybridized carbons (Fsp3) is 0.421. The Morgan fingerprint density at radius 3 is 1.19 bits per heavy atom. The molecule has 0 atom stereocenters. The summed E-state index contributed by atoms with van der Waals surface area (Å²) in [5.74, 6) is 0. The second-order valence-corrected chi connectivity index (χ2v) is 19.6. The van der Waals surface area contributed by atoms with Crippen molar-refractivity contribution in [1.29, 1.82) is 0 Å². The maximum Gasteiger partial charge on any atom is 0.242 e. The van der Waals surface area contributed by atoms with Gasteiger partial charge in [0.1, 0.15) is 6.63 Å². The quantitative estimate of drug-likeness (QED) is 0.158. The third-order valence-corrected chi connectivity index (χ3v) is 10.3. The normalized spacial score (nSPS) is 13.2. The highest BCUT2D eigenvalue weighted by Gasteiger charge is 2.31. The molecule has 0 unspecified atom stereocenters. The molecule has 4 rings (SSSR count). The predicted molar refractivity (Wildman–Crippen MR) is 195 cm³/mol. The average molecular weight is 617 g/mol. The minimum Gasteiger partial charge on any atom is -0.0727 e. The fourth-order valence-electron chi connectivity index (χ4n) is 5.65. The van der Waals surface area contributed by atoms with Gasteiger partial charge in [0.05, 0.1) is 0 Å². The molecular weight excluding hydrogens is 569 g/mol. The van der Waals surface area contributed by atoms with Crippen LogP contribution in [-0.4, -0.2) is 6.71 Å². The first kappa shape index (κ1) is 33.1. The maximum atomic E-state index is 6.72. The van der Waals surface area contributed by atoms with E-state index in [-0.39, 0.29) is 28.4 Å². The molecule has 0 saturated carbocycles. The van der Waals surface area contributed by atoms with Gasteiger partial charge in [-0.3, -0.25) is 0 Å². The van der Waals surface area contributed by atoms with Crippen LogP contribution in [0.2, 0.25) is 0 Å². The van der Waals surface area contributed by atoms with Crippen molar-refractivity contribution < 1.29 is 0 Å². The Balaban J connectivity index is 2.22. The smallest absolute Gasteiger partial charge is 0.0727 e. The van der Waals surface area contributed by atoms with E-state index in [1.807, 2.05) is 0 Å². The lowest BCUT2D eigenvalue weighted by Crippen LogP contribution is -2.54. The van der Waals surface area contributed by atoms with Crippen LogP contribution in [0.1, 0.15) is 105 Å². The molecule has 0 heterocycles. The summed E-state index contributed by atoms with van der Waals surface area (Å²) in [5.41, 5.74) is 9.35. The zero-order valence-electron chi connectivity index (χ0n) is 27.7. The molecule has 4 aromatic carbocycles. The maximum absolute atomic E-state index is 6.72. The first-order valence-corrected chi connectivity index (χ1v) is 18.3. The van der Waals surface area contributed by atoms with E-state index in [4.69, 9.17) is 22.5 Å². The van der Waals surface area contributed by atoms with Gasteiger partial charge in [0.2, 0.25) is 6.71 Å². The number of hydrogen-bond donors (Lipinski definition) is 0. The fourth-order valence-corrected chi connectivity index (χ4v) is 7.12. The monoisotopic (exact) mass is 616 g/mol. The van der Waals surface area contributed by atoms with Crippen molar-refractivity contribution >= 4 is 68.3 Å². The molecule has 0 nitrogen and oxygen atoms in total. The lowest BCUT2D eigenvalue weighted by Gasteiger charge is -2.30. The summed E-state index contributed by atoms with van der Waals surface area (Å²) in [6.45, 7) is 26.5. The van der Waals surface area contributed by atoms with Gasteiger partial charge in [0.25, 0.3) is 0 Å². The minimum absolute atomic E-state index is 0.00457. The van der Waals surface area contributed by atoms with Crippen LogP contribution >= 0.6 is 29.1 Å². The molecular formula is C38H48BCl2P. The van der Waals surface area contributed by atoms with E-state index >= 15 is 0 Å². The summed E-state index contributed by atoms with van der Waals surface area (Å²) in [6, 6.07) is 27.7. The molecule has 0 aliphatic carbocycles. The Morgan fingerprint density at radius 1 is 0.500 bits per heavy atom. The van der Waals surface area contributed by atoms with E-state index in [0.29, 0.717) is 0 Å². The summed E-state index contributed by atoms with van der Waals surface area (Å²) >= 11 is 13.4. The highest BCUT2D eigenvalue weighted by atomic mass is 35.9. The molecule has 42 heavy (non-hydrogen) atoms. The van der Waals surface area contributed by atoms with Gasteiger partial charge in [-0.25, -0.2) is 0 Å². The standard InChI is InChI=1S/C38H48BCl2P/c1-35(2,3)26-19-27(36(4,5)6)22-30(21-26)39(31-23-28(37(7,8)9)20-29(24-31)38(10,11)12)32-17-13-15-25-16-14-18-33(34(25)32)42(40)41/h13-24H,1-12H3. The van der Waals surface area contributed by atoms with Gasteiger partial charge in [0, 0.05) is 5.30 Å². The number of fused-ring (bicyclic) bond motifs is 1. The van der Waals surface area contributed by atoms with Gasteiger partial charge in [-0.05, 0) is 54.7 Å². The Hall–Kier alpha value is -1.79. The highest BCUT2D eigenvalue weighted by molar-refractivity contribution is 8.09. The van der Waals surface area contributed by atoms with Crippen LogP contribution in [0.5, 0.6) is 0 Å². The summed E-state index contributed by atoms with van der Waals surface area (Å²) in [7, 11) is 0. The van der Waals surface area contributed by atoms with Crippen molar-refractivity contribution in [3.05, 3.63) is 95.1 Å². The van der Waals surface area contributed by atoms with E-state index in [1.54, 1.807) is 0 Å². The molecule has 0 radical (unpaired) electrons. The van der Waals surface area contributed by atoms with E-state index in [0.717, 1.165) is 5.30 Å². The SMILES string of the molecule is CC(C)(C)c1cc(B(c2cc(C(C)(C)C)cc(C(C)(C)C)c2)c2cccc3cccc(P(Cl)Cl)c23)cc(C(C)(C)C)c1. The number of halogens is 2. The van der Waals surface area contributed by atoms with Crippen LogP contribution in [0.25, 0.3) is 10.8 Å². The highest BCUT2D eigenvalue weighted by Crippen LogP contribution is 2.46. The van der Waals surface area contributed by atoms with Crippen molar-refractivity contribution in [3.8, 4) is 0 Å². The Labute approximate surface area is 267 Å². The van der Waals surface area contributed by atoms with Gasteiger partial charge in [0.15, 0.2) is 0 Å². The molecule has 0 saturated heterocycles. The third-order valence-electron chi connectivity index (χ3n) is 8.45. The molecule has 0 aliphatic heterocycles. The first-order chi connectivity index (χ1) is 19.2. The molecule has 0 spiro atoms. The lowest BCUT2D eigenvalue weighted by atomic mass is 9.35. The zero-order valence-corrected chi connectivity index (χ0v) is 30.1. The number of benzene rings is 4. The average Bonchev–Trinajstić information content (AvgIpc) is 2.86. The van der Waals surface area contributed by atoms with Crippen molar-refractivity contribution in [2.75, 3.05) is 0 Å². The molecule has 222 valence electrons. The van der Waals surface area contributed by atoms with Crippen LogP contribution in [0, 0.1) is 0 Å². The van der Waals surface area contributed by atoms with Crippen LogP contribution in [0.4, 0.5) is 0 Å². The van der Waals surface area contributed by atoms with Gasteiger partial charge in [-0.1, -0.05) is 195 Å². The molecule has 0 bridgehead atoms. The van der Waals surface area contributed by atoms with Crippen molar-refractivity contribution in [3.63, 3.8) is 0 Å². The van der Waals surface area contributed by atoms with Crippen molar-refractivity contribution in [2.45, 2.75) is 105 Å². The van der Waals surface area contributed by atoms with Crippen LogP contribution in [0.3, 0.4) is 0 Å². The zero-order chi connectivity index (χ0) is 31.4. The van der Waals surface area contributed by atoms with E-state index < -0.39 is 6.63 Å². The van der Waals surface area contributed by atoms with Crippen LogP contribution in [0.15, 0.2) is 72.8 Å². The lowest BCUT2D eigenvalue weighted by molar-refractivity contribution is 0.569. The number of hydrogen-bond acceptors (Lipinski definition) is 0. The van der Waals surface area contributed by atoms with Gasteiger partial charge >= 0.3 is 0 Å². The van der Waals surface area contributed by atoms with Gasteiger partial charge in [-0.15, -0.1) is 0 Å². The second-order valence-electron chi connectivity index (χ2n) is 16.1. The topological polar surface area (TPSA) is 0 Å². The minimum atomic E-state index is -1.33. The predicted octanol–water partition coefficient (Wildman–Crippen LogP) is 9.96. The van der Waals surface area contributed by atoms with Gasteiger partial charge < -0.3 is 0 Å². The van der Waals surface area contributed by atoms with E-state index in [2.05, 4.69) is 156 Å². The summed E-state index contributed by atoms with van der Waals surface area (Å²) in [5, 5.41) is 3.38. The summed E-state index contributed by atoms with van der Waals surface area (Å²) in [4.78, 5) is 0. The summed E-state index contributed by atoms with van der Waals surface area (Å²) in [6.07, 6.45) is 0. The molecule has 0 N–H and O–H groups in total. The number of rotatable bonds is 4. The molecule has 4 heteroatoms. The third kappa shape index (κ3) is 7.12. The van der Waals surface area contributed by atoms with E-state index in [1.165, 1.54) is 49.4 Å². The Morgan fingerprint density at radius 2 is 0.857 bits per heavy atom.